The molecule has 7 rings (SSSR count). The van der Waals surface area contributed by atoms with Gasteiger partial charge in [-0.2, -0.15) is 0 Å². The normalized spacial score (nSPS) is 10.9. The molecule has 0 atom stereocenters. The van der Waals surface area contributed by atoms with E-state index in [1.54, 1.807) is 0 Å². The predicted octanol–water partition coefficient (Wildman–Crippen LogP) is 10.5. The van der Waals surface area contributed by atoms with E-state index in [9.17, 15) is 0 Å². The molecule has 2 heteroatoms. The lowest BCUT2D eigenvalue weighted by Crippen LogP contribution is -1.97. The molecular formula is C40H28N2. The molecule has 2 nitrogen and oxygen atoms in total. The number of aromatic nitrogens is 2. The highest BCUT2D eigenvalue weighted by Gasteiger charge is 2.14. The standard InChI is InChI=1S/C40H28N2/c1-5-13-29(14-6-1)31-21-23-32(24-22-31)36-25-35(30-15-7-2-8-16-30)26-37(27-36)40-41-38(33-17-9-3-10-18-33)28-39(42-40)34-19-11-4-12-20-34/h1-28H. The van der Waals surface area contributed by atoms with E-state index in [-0.39, 0.29) is 0 Å². The fourth-order valence-corrected chi connectivity index (χ4v) is 5.30. The van der Waals surface area contributed by atoms with E-state index >= 15 is 0 Å². The van der Waals surface area contributed by atoms with Gasteiger partial charge in [0.1, 0.15) is 0 Å². The van der Waals surface area contributed by atoms with E-state index < -0.39 is 0 Å². The first-order valence-corrected chi connectivity index (χ1v) is 14.2. The van der Waals surface area contributed by atoms with Crippen LogP contribution in [0, 0.1) is 0 Å². The van der Waals surface area contributed by atoms with E-state index in [1.807, 2.05) is 42.5 Å². The van der Waals surface area contributed by atoms with Crippen LogP contribution in [0.1, 0.15) is 0 Å². The fourth-order valence-electron chi connectivity index (χ4n) is 5.30. The molecule has 0 saturated heterocycles. The third-order valence-electron chi connectivity index (χ3n) is 7.49. The molecule has 42 heavy (non-hydrogen) atoms. The molecule has 0 radical (unpaired) electrons. The van der Waals surface area contributed by atoms with Crippen LogP contribution in [0.5, 0.6) is 0 Å². The molecule has 1 heterocycles. The Hall–Kier alpha value is -5.60. The van der Waals surface area contributed by atoms with Crippen molar-refractivity contribution in [3.05, 3.63) is 170 Å². The molecule has 198 valence electrons. The van der Waals surface area contributed by atoms with Gasteiger partial charge in [-0.15, -0.1) is 0 Å². The Morgan fingerprint density at radius 1 is 0.238 bits per heavy atom. The zero-order valence-electron chi connectivity index (χ0n) is 23.1. The average Bonchev–Trinajstić information content (AvgIpc) is 3.09. The SMILES string of the molecule is c1ccc(-c2ccc(-c3cc(-c4ccccc4)cc(-c4nc(-c5ccccc5)cc(-c5ccccc5)n4)c3)cc2)cc1. The van der Waals surface area contributed by atoms with E-state index in [0.717, 1.165) is 50.3 Å². The van der Waals surface area contributed by atoms with Crippen molar-refractivity contribution in [3.63, 3.8) is 0 Å². The van der Waals surface area contributed by atoms with Gasteiger partial charge in [0.25, 0.3) is 0 Å². The molecule has 0 aliphatic rings. The van der Waals surface area contributed by atoms with Crippen molar-refractivity contribution in [3.8, 4) is 67.3 Å². The summed E-state index contributed by atoms with van der Waals surface area (Å²) in [4.78, 5) is 10.2. The van der Waals surface area contributed by atoms with Crippen LogP contribution in [-0.2, 0) is 0 Å². The van der Waals surface area contributed by atoms with Gasteiger partial charge in [0.05, 0.1) is 11.4 Å². The zero-order chi connectivity index (χ0) is 28.1. The molecule has 6 aromatic carbocycles. The lowest BCUT2D eigenvalue weighted by molar-refractivity contribution is 1.18. The Morgan fingerprint density at radius 2 is 0.548 bits per heavy atom. The zero-order valence-corrected chi connectivity index (χ0v) is 23.1. The van der Waals surface area contributed by atoms with Crippen LogP contribution in [-0.4, -0.2) is 9.97 Å². The minimum Gasteiger partial charge on any atom is -0.228 e. The predicted molar refractivity (Wildman–Crippen MR) is 175 cm³/mol. The molecule has 0 aliphatic carbocycles. The number of hydrogen-bond donors (Lipinski definition) is 0. The third kappa shape index (κ3) is 5.39. The van der Waals surface area contributed by atoms with Gasteiger partial charge in [0.15, 0.2) is 5.82 Å². The van der Waals surface area contributed by atoms with Gasteiger partial charge in [-0.1, -0.05) is 146 Å². The minimum absolute atomic E-state index is 0.704. The van der Waals surface area contributed by atoms with Crippen LogP contribution in [0.15, 0.2) is 170 Å². The molecule has 0 fully saturated rings. The van der Waals surface area contributed by atoms with E-state index in [4.69, 9.17) is 9.97 Å². The lowest BCUT2D eigenvalue weighted by atomic mass is 9.94. The van der Waals surface area contributed by atoms with E-state index in [2.05, 4.69) is 127 Å². The summed E-state index contributed by atoms with van der Waals surface area (Å²) in [6.07, 6.45) is 0. The molecule has 0 aliphatic heterocycles. The Morgan fingerprint density at radius 3 is 0.976 bits per heavy atom. The average molecular weight is 537 g/mol. The molecule has 1 aromatic heterocycles. The number of rotatable bonds is 6. The lowest BCUT2D eigenvalue weighted by Gasteiger charge is -2.13. The Balaban J connectivity index is 1.39. The molecular weight excluding hydrogens is 508 g/mol. The van der Waals surface area contributed by atoms with Crippen molar-refractivity contribution >= 4 is 0 Å². The first-order chi connectivity index (χ1) is 20.8. The summed E-state index contributed by atoms with van der Waals surface area (Å²) < 4.78 is 0. The second-order valence-corrected chi connectivity index (χ2v) is 10.3. The van der Waals surface area contributed by atoms with Crippen molar-refractivity contribution < 1.29 is 0 Å². The summed E-state index contributed by atoms with van der Waals surface area (Å²) >= 11 is 0. The number of nitrogens with zero attached hydrogens (tertiary/aromatic N) is 2. The van der Waals surface area contributed by atoms with Crippen molar-refractivity contribution in [1.82, 2.24) is 9.97 Å². The first-order valence-electron chi connectivity index (χ1n) is 14.2. The van der Waals surface area contributed by atoms with Gasteiger partial charge in [-0.3, -0.25) is 0 Å². The Kier molecular flexibility index (Phi) is 6.94. The molecule has 0 saturated carbocycles. The number of benzene rings is 6. The van der Waals surface area contributed by atoms with Crippen molar-refractivity contribution in [1.29, 1.82) is 0 Å². The van der Waals surface area contributed by atoms with Gasteiger partial charge < -0.3 is 0 Å². The smallest absolute Gasteiger partial charge is 0.160 e. The maximum Gasteiger partial charge on any atom is 0.160 e. The van der Waals surface area contributed by atoms with Crippen molar-refractivity contribution in [2.75, 3.05) is 0 Å². The molecule has 0 amide bonds. The highest BCUT2D eigenvalue weighted by molar-refractivity contribution is 5.81. The molecule has 0 unspecified atom stereocenters. The summed E-state index contributed by atoms with van der Waals surface area (Å²) in [6, 6.07) is 59.2. The monoisotopic (exact) mass is 536 g/mol. The minimum atomic E-state index is 0.704. The number of hydrogen-bond acceptors (Lipinski definition) is 2. The van der Waals surface area contributed by atoms with Crippen LogP contribution < -0.4 is 0 Å². The van der Waals surface area contributed by atoms with E-state index in [1.165, 1.54) is 11.1 Å². The summed E-state index contributed by atoms with van der Waals surface area (Å²) in [5, 5.41) is 0. The quantitative estimate of drug-likeness (QED) is 0.211. The molecule has 0 spiro atoms. The van der Waals surface area contributed by atoms with E-state index in [0.29, 0.717) is 5.82 Å². The van der Waals surface area contributed by atoms with Gasteiger partial charge >= 0.3 is 0 Å². The van der Waals surface area contributed by atoms with Crippen LogP contribution in [0.25, 0.3) is 67.3 Å². The van der Waals surface area contributed by atoms with Gasteiger partial charge in [0.2, 0.25) is 0 Å². The van der Waals surface area contributed by atoms with Crippen molar-refractivity contribution in [2.24, 2.45) is 0 Å². The first kappa shape index (κ1) is 25.4. The second-order valence-electron chi connectivity index (χ2n) is 10.3. The van der Waals surface area contributed by atoms with Gasteiger partial charge in [0, 0.05) is 16.7 Å². The largest absolute Gasteiger partial charge is 0.228 e. The summed E-state index contributed by atoms with van der Waals surface area (Å²) in [5.41, 5.74) is 11.9. The van der Waals surface area contributed by atoms with Crippen LogP contribution >= 0.6 is 0 Å². The third-order valence-corrected chi connectivity index (χ3v) is 7.49. The highest BCUT2D eigenvalue weighted by Crippen LogP contribution is 2.34. The Bertz CT molecular complexity index is 1870. The second kappa shape index (κ2) is 11.5. The summed E-state index contributed by atoms with van der Waals surface area (Å²) in [5.74, 6) is 0.704. The topological polar surface area (TPSA) is 25.8 Å². The molecule has 7 aromatic rings. The highest BCUT2D eigenvalue weighted by atomic mass is 14.9. The Labute approximate surface area is 246 Å². The summed E-state index contributed by atoms with van der Waals surface area (Å²) in [7, 11) is 0. The fraction of sp³-hybridized carbons (Fsp3) is 0. The van der Waals surface area contributed by atoms with Gasteiger partial charge in [-0.05, 0) is 57.6 Å². The van der Waals surface area contributed by atoms with Crippen LogP contribution in [0.3, 0.4) is 0 Å². The summed E-state index contributed by atoms with van der Waals surface area (Å²) in [6.45, 7) is 0. The van der Waals surface area contributed by atoms with Gasteiger partial charge in [-0.25, -0.2) is 9.97 Å². The van der Waals surface area contributed by atoms with Crippen LogP contribution in [0.4, 0.5) is 0 Å². The maximum atomic E-state index is 5.11. The molecule has 0 N–H and O–H groups in total. The molecule has 0 bridgehead atoms. The van der Waals surface area contributed by atoms with Crippen molar-refractivity contribution in [2.45, 2.75) is 0 Å². The maximum absolute atomic E-state index is 5.11. The van der Waals surface area contributed by atoms with Crippen LogP contribution in [0.2, 0.25) is 0 Å².